The standard InChI is InChI=1S/C39H54ClN7O4S/c1-38(2,3)51-37(49)46-25-26(24-39(46,4)5)10-9-21-41-31-15-8-16-34(42-31)52-45-36(48)30-17-18-32(43-35(30)40)47-22-19-33(44-47)50-23-20-29(27-11-6-12-27)28-13-7-14-28/h8,15-19,22,26-29H,6-7,9-14,20-21,23-25H2,1-5H3,(H,41,42)(H,45,48). The van der Waals surface area contributed by atoms with Crippen LogP contribution >= 0.6 is 23.5 Å². The van der Waals surface area contributed by atoms with Crippen LogP contribution in [0.25, 0.3) is 5.82 Å². The van der Waals surface area contributed by atoms with Gasteiger partial charge in [0.15, 0.2) is 5.82 Å². The SMILES string of the molecule is CC(C)(C)OC(=O)N1CC(CCCNc2cccc(SNC(=O)c3ccc(-n4ccc(OCCC(C5CCC5)C5CCC5)n4)nc3Cl)n2)CC1(C)C. The van der Waals surface area contributed by atoms with Gasteiger partial charge in [-0.2, -0.15) is 0 Å². The zero-order chi connectivity index (χ0) is 36.9. The Morgan fingerprint density at radius 1 is 1.06 bits per heavy atom. The molecule has 2 N–H and O–H groups in total. The number of ether oxygens (including phenoxy) is 2. The molecule has 3 fully saturated rings. The van der Waals surface area contributed by atoms with E-state index in [2.05, 4.69) is 39.0 Å². The van der Waals surface area contributed by atoms with E-state index in [1.54, 1.807) is 23.0 Å². The van der Waals surface area contributed by atoms with Gasteiger partial charge in [-0.05, 0) is 108 Å². The molecule has 0 bridgehead atoms. The van der Waals surface area contributed by atoms with E-state index in [-0.39, 0.29) is 28.3 Å². The van der Waals surface area contributed by atoms with E-state index < -0.39 is 5.60 Å². The third-order valence-electron chi connectivity index (χ3n) is 10.7. The van der Waals surface area contributed by atoms with Crippen molar-refractivity contribution in [2.75, 3.05) is 25.0 Å². The molecule has 3 aromatic heterocycles. The van der Waals surface area contributed by atoms with Crippen molar-refractivity contribution >= 4 is 41.4 Å². The highest BCUT2D eigenvalue weighted by Crippen LogP contribution is 2.46. The van der Waals surface area contributed by atoms with Crippen LogP contribution in [-0.4, -0.2) is 67.5 Å². The second kappa shape index (κ2) is 16.7. The Morgan fingerprint density at radius 2 is 1.81 bits per heavy atom. The molecule has 2 amide bonds. The van der Waals surface area contributed by atoms with Gasteiger partial charge in [0.1, 0.15) is 21.6 Å². The molecule has 0 spiro atoms. The zero-order valence-corrected chi connectivity index (χ0v) is 32.8. The van der Waals surface area contributed by atoms with Crippen molar-refractivity contribution in [1.82, 2.24) is 29.4 Å². The smallest absolute Gasteiger partial charge is 0.410 e. The summed E-state index contributed by atoms with van der Waals surface area (Å²) in [5, 5.41) is 8.66. The summed E-state index contributed by atoms with van der Waals surface area (Å²) in [6, 6.07) is 10.8. The molecule has 6 rings (SSSR count). The zero-order valence-electron chi connectivity index (χ0n) is 31.2. The first-order chi connectivity index (χ1) is 24.8. The number of nitrogens with zero attached hydrogens (tertiary/aromatic N) is 5. The molecule has 4 heterocycles. The third-order valence-corrected chi connectivity index (χ3v) is 11.7. The van der Waals surface area contributed by atoms with Crippen molar-refractivity contribution in [1.29, 1.82) is 0 Å². The van der Waals surface area contributed by atoms with E-state index in [1.165, 1.54) is 38.5 Å². The van der Waals surface area contributed by atoms with E-state index in [1.807, 2.05) is 49.9 Å². The topological polar surface area (TPSA) is 124 Å². The van der Waals surface area contributed by atoms with Gasteiger partial charge in [-0.3, -0.25) is 9.52 Å². The predicted octanol–water partition coefficient (Wildman–Crippen LogP) is 8.97. The average Bonchev–Trinajstić information content (AvgIpc) is 3.63. The molecule has 2 aliphatic carbocycles. The fraction of sp³-hybridized carbons (Fsp3) is 0.615. The van der Waals surface area contributed by atoms with Crippen LogP contribution in [0, 0.1) is 23.7 Å². The minimum Gasteiger partial charge on any atom is -0.477 e. The van der Waals surface area contributed by atoms with Crippen molar-refractivity contribution in [2.45, 2.75) is 115 Å². The normalized spacial score (nSPS) is 18.9. The van der Waals surface area contributed by atoms with Crippen molar-refractivity contribution in [3.05, 3.63) is 53.3 Å². The molecular weight excluding hydrogens is 698 g/mol. The summed E-state index contributed by atoms with van der Waals surface area (Å²) >= 11 is 7.60. The van der Waals surface area contributed by atoms with Crippen LogP contribution in [0.3, 0.4) is 0 Å². The summed E-state index contributed by atoms with van der Waals surface area (Å²) in [6.07, 6.45) is 13.7. The molecule has 1 unspecified atom stereocenters. The molecule has 13 heteroatoms. The molecule has 52 heavy (non-hydrogen) atoms. The number of pyridine rings is 2. The Hall–Kier alpha value is -3.51. The number of nitrogens with one attached hydrogen (secondary N) is 2. The molecule has 282 valence electrons. The molecule has 1 aliphatic heterocycles. The first kappa shape index (κ1) is 38.2. The van der Waals surface area contributed by atoms with Crippen LogP contribution in [0.15, 0.2) is 47.6 Å². The highest BCUT2D eigenvalue weighted by atomic mass is 35.5. The van der Waals surface area contributed by atoms with Crippen LogP contribution in [0.4, 0.5) is 10.6 Å². The number of anilines is 1. The Kier molecular flexibility index (Phi) is 12.2. The van der Waals surface area contributed by atoms with Crippen LogP contribution in [0.2, 0.25) is 5.15 Å². The fourth-order valence-electron chi connectivity index (χ4n) is 7.67. The number of carbonyl (C=O) groups excluding carboxylic acids is 2. The minimum absolute atomic E-state index is 0.0839. The summed E-state index contributed by atoms with van der Waals surface area (Å²) in [7, 11) is 0. The van der Waals surface area contributed by atoms with E-state index in [0.717, 1.165) is 67.7 Å². The van der Waals surface area contributed by atoms with Crippen molar-refractivity contribution < 1.29 is 19.1 Å². The van der Waals surface area contributed by atoms with E-state index in [9.17, 15) is 9.59 Å². The van der Waals surface area contributed by atoms with Gasteiger partial charge in [0.05, 0.1) is 12.2 Å². The van der Waals surface area contributed by atoms with Crippen molar-refractivity contribution in [3.63, 3.8) is 0 Å². The second-order valence-electron chi connectivity index (χ2n) is 16.2. The van der Waals surface area contributed by atoms with E-state index in [4.69, 9.17) is 21.1 Å². The molecule has 2 saturated carbocycles. The number of hydrogen-bond donors (Lipinski definition) is 2. The Bertz CT molecular complexity index is 1670. The van der Waals surface area contributed by atoms with Crippen LogP contribution in [0.5, 0.6) is 5.88 Å². The third kappa shape index (κ3) is 9.92. The predicted molar refractivity (Wildman–Crippen MR) is 205 cm³/mol. The van der Waals surface area contributed by atoms with Crippen molar-refractivity contribution in [3.8, 4) is 11.7 Å². The largest absolute Gasteiger partial charge is 0.477 e. The number of rotatable bonds is 15. The maximum atomic E-state index is 13.0. The number of likely N-dealkylation sites (tertiary alicyclic amines) is 1. The molecular formula is C39H54ClN7O4S. The molecule has 1 saturated heterocycles. The lowest BCUT2D eigenvalue weighted by Crippen LogP contribution is -2.45. The van der Waals surface area contributed by atoms with Crippen molar-refractivity contribution in [2.24, 2.45) is 23.7 Å². The molecule has 11 nitrogen and oxygen atoms in total. The van der Waals surface area contributed by atoms with E-state index >= 15 is 0 Å². The first-order valence-corrected chi connectivity index (χ1v) is 20.1. The van der Waals surface area contributed by atoms with Gasteiger partial charge in [-0.1, -0.05) is 56.2 Å². The lowest BCUT2D eigenvalue weighted by molar-refractivity contribution is 0.0130. The highest BCUT2D eigenvalue weighted by Gasteiger charge is 2.42. The molecule has 0 radical (unpaired) electrons. The lowest BCUT2D eigenvalue weighted by atomic mass is 9.63. The van der Waals surface area contributed by atoms with Gasteiger partial charge in [-0.25, -0.2) is 19.4 Å². The van der Waals surface area contributed by atoms with Gasteiger partial charge >= 0.3 is 6.09 Å². The number of carbonyl (C=O) groups is 2. The van der Waals surface area contributed by atoms with Gasteiger partial charge in [0.2, 0.25) is 5.88 Å². The fourth-order valence-corrected chi connectivity index (χ4v) is 8.51. The van der Waals surface area contributed by atoms with Crippen LogP contribution in [-0.2, 0) is 4.74 Å². The lowest BCUT2D eigenvalue weighted by Gasteiger charge is -2.42. The number of aromatic nitrogens is 4. The number of amides is 2. The summed E-state index contributed by atoms with van der Waals surface area (Å²) < 4.78 is 16.1. The van der Waals surface area contributed by atoms with Crippen LogP contribution in [0.1, 0.15) is 109 Å². The van der Waals surface area contributed by atoms with Gasteiger partial charge in [-0.15, -0.1) is 5.10 Å². The monoisotopic (exact) mass is 751 g/mol. The summed E-state index contributed by atoms with van der Waals surface area (Å²) in [5.41, 5.74) is -0.483. The molecule has 3 aromatic rings. The number of hydrogen-bond acceptors (Lipinski definition) is 9. The minimum atomic E-state index is -0.511. The van der Waals surface area contributed by atoms with Crippen LogP contribution < -0.4 is 14.8 Å². The summed E-state index contributed by atoms with van der Waals surface area (Å²) in [5.74, 6) is 4.37. The Labute approximate surface area is 317 Å². The maximum absolute atomic E-state index is 13.0. The maximum Gasteiger partial charge on any atom is 0.410 e. The van der Waals surface area contributed by atoms with Gasteiger partial charge in [0.25, 0.3) is 5.91 Å². The van der Waals surface area contributed by atoms with E-state index in [0.29, 0.717) is 35.8 Å². The van der Waals surface area contributed by atoms with Gasteiger partial charge in [0, 0.05) is 42.8 Å². The number of halogens is 1. The summed E-state index contributed by atoms with van der Waals surface area (Å²) in [4.78, 5) is 36.7. The molecule has 1 atom stereocenters. The molecule has 0 aromatic carbocycles. The molecule has 3 aliphatic rings. The quantitative estimate of drug-likeness (QED) is 0.0890. The first-order valence-electron chi connectivity index (χ1n) is 18.9. The Balaban J connectivity index is 0.928. The summed E-state index contributed by atoms with van der Waals surface area (Å²) in [6.45, 7) is 12.0. The average molecular weight is 752 g/mol. The second-order valence-corrected chi connectivity index (χ2v) is 17.4. The Morgan fingerprint density at radius 3 is 2.48 bits per heavy atom. The highest BCUT2D eigenvalue weighted by molar-refractivity contribution is 7.97. The van der Waals surface area contributed by atoms with Gasteiger partial charge < -0.3 is 19.7 Å².